The van der Waals surface area contributed by atoms with Crippen molar-refractivity contribution in [2.24, 2.45) is 0 Å². The van der Waals surface area contributed by atoms with Crippen LogP contribution in [-0.4, -0.2) is 11.1 Å². The number of fused-ring (bicyclic) bond motifs is 1. The van der Waals surface area contributed by atoms with Gasteiger partial charge in [0.15, 0.2) is 0 Å². The van der Waals surface area contributed by atoms with Gasteiger partial charge in [0, 0.05) is 28.0 Å². The van der Waals surface area contributed by atoms with Gasteiger partial charge in [-0.1, -0.05) is 0 Å². The monoisotopic (exact) mass is 242 g/mol. The van der Waals surface area contributed by atoms with Crippen LogP contribution in [0.5, 0.6) is 0 Å². The summed E-state index contributed by atoms with van der Waals surface area (Å²) in [6.45, 7) is 0.807. The summed E-state index contributed by atoms with van der Waals surface area (Å²) < 4.78 is 27.1. The van der Waals surface area contributed by atoms with E-state index in [0.717, 1.165) is 6.92 Å². The minimum absolute atomic E-state index is 0.0244. The molecule has 0 radical (unpaired) electrons. The molecule has 0 saturated heterocycles. The molecule has 0 saturated carbocycles. The molecule has 2 nitrogen and oxygen atoms in total. The number of halogens is 2. The Morgan fingerprint density at radius 3 is 2.69 bits per heavy atom. The van der Waals surface area contributed by atoms with Crippen LogP contribution in [0.3, 0.4) is 0 Å². The van der Waals surface area contributed by atoms with Crippen LogP contribution in [0.15, 0.2) is 23.6 Å². The number of carbonyl (C=O) groups is 1. The van der Waals surface area contributed by atoms with Gasteiger partial charge in [-0.3, -0.25) is 0 Å². The maximum atomic E-state index is 13.2. The largest absolute Gasteiger partial charge is 0.478 e. The molecule has 0 bridgehead atoms. The van der Waals surface area contributed by atoms with Crippen molar-refractivity contribution in [2.45, 2.75) is 12.8 Å². The van der Waals surface area contributed by atoms with Crippen molar-refractivity contribution >= 4 is 27.4 Å². The smallest absolute Gasteiger partial charge is 0.335 e. The number of hydrogen-bond acceptors (Lipinski definition) is 2. The highest BCUT2D eigenvalue weighted by molar-refractivity contribution is 7.17. The Balaban J connectivity index is 2.70. The molecule has 0 atom stereocenters. The van der Waals surface area contributed by atoms with E-state index in [0.29, 0.717) is 10.1 Å². The molecule has 0 aliphatic carbocycles. The second-order valence-electron chi connectivity index (χ2n) is 3.55. The Bertz CT molecular complexity index is 555. The van der Waals surface area contributed by atoms with E-state index >= 15 is 0 Å². The molecule has 84 valence electrons. The molecular weight excluding hydrogens is 234 g/mol. The standard InChI is InChI=1S/C11H8F2O2S/c1-11(12,13)8-5-16-9-3-2-6(10(14)15)4-7(8)9/h2-5H,1H3,(H,14,15). The van der Waals surface area contributed by atoms with Crippen LogP contribution >= 0.6 is 11.3 Å². The van der Waals surface area contributed by atoms with E-state index in [-0.39, 0.29) is 11.1 Å². The third kappa shape index (κ3) is 1.78. The first-order valence-corrected chi connectivity index (χ1v) is 5.40. The Hall–Kier alpha value is -1.49. The summed E-state index contributed by atoms with van der Waals surface area (Å²) in [5.41, 5.74) is -0.0907. The van der Waals surface area contributed by atoms with Crippen molar-refractivity contribution in [3.63, 3.8) is 0 Å². The first-order valence-electron chi connectivity index (χ1n) is 4.52. The zero-order valence-corrected chi connectivity index (χ0v) is 9.15. The summed E-state index contributed by atoms with van der Waals surface area (Å²) in [5, 5.41) is 10.5. The van der Waals surface area contributed by atoms with Gasteiger partial charge >= 0.3 is 5.97 Å². The molecular formula is C11H8F2O2S. The number of alkyl halides is 2. The van der Waals surface area contributed by atoms with Crippen molar-refractivity contribution in [3.8, 4) is 0 Å². The third-order valence-electron chi connectivity index (χ3n) is 2.29. The average molecular weight is 242 g/mol. The lowest BCUT2D eigenvalue weighted by molar-refractivity contribution is 0.0194. The Labute approximate surface area is 94.1 Å². The summed E-state index contributed by atoms with van der Waals surface area (Å²) in [6, 6.07) is 4.26. The number of thiophene rings is 1. The predicted molar refractivity (Wildman–Crippen MR) is 58.4 cm³/mol. The number of hydrogen-bond donors (Lipinski definition) is 1. The van der Waals surface area contributed by atoms with Crippen LogP contribution in [0, 0.1) is 0 Å². The predicted octanol–water partition coefficient (Wildman–Crippen LogP) is 3.71. The Morgan fingerprint density at radius 2 is 2.12 bits per heavy atom. The summed E-state index contributed by atoms with van der Waals surface area (Å²) in [5.74, 6) is -4.06. The van der Waals surface area contributed by atoms with Crippen LogP contribution in [0.1, 0.15) is 22.8 Å². The lowest BCUT2D eigenvalue weighted by Crippen LogP contribution is -2.05. The van der Waals surface area contributed by atoms with Gasteiger partial charge in [0.1, 0.15) is 0 Å². The maximum absolute atomic E-state index is 13.2. The molecule has 0 aliphatic rings. The van der Waals surface area contributed by atoms with E-state index < -0.39 is 11.9 Å². The summed E-state index contributed by atoms with van der Waals surface area (Å²) in [7, 11) is 0. The van der Waals surface area contributed by atoms with E-state index in [1.807, 2.05) is 0 Å². The molecule has 2 aromatic rings. The SMILES string of the molecule is CC(F)(F)c1csc2ccc(C(=O)O)cc12. The van der Waals surface area contributed by atoms with E-state index in [4.69, 9.17) is 5.11 Å². The fraction of sp³-hybridized carbons (Fsp3) is 0.182. The minimum Gasteiger partial charge on any atom is -0.478 e. The minimum atomic E-state index is -2.95. The highest BCUT2D eigenvalue weighted by Crippen LogP contribution is 2.37. The fourth-order valence-electron chi connectivity index (χ4n) is 1.50. The highest BCUT2D eigenvalue weighted by Gasteiger charge is 2.28. The van der Waals surface area contributed by atoms with E-state index in [1.54, 1.807) is 6.07 Å². The Kier molecular flexibility index (Phi) is 2.42. The molecule has 5 heteroatoms. The lowest BCUT2D eigenvalue weighted by Gasteiger charge is -2.08. The molecule has 0 amide bonds. The van der Waals surface area contributed by atoms with Gasteiger partial charge in [-0.2, -0.15) is 0 Å². The second kappa shape index (κ2) is 3.52. The molecule has 1 aromatic heterocycles. The average Bonchev–Trinajstić information content (AvgIpc) is 2.58. The number of aromatic carboxylic acids is 1. The molecule has 0 fully saturated rings. The number of benzene rings is 1. The van der Waals surface area contributed by atoms with Crippen LogP contribution in [0.25, 0.3) is 10.1 Å². The summed E-state index contributed by atoms with van der Waals surface area (Å²) in [6.07, 6.45) is 0. The fourth-order valence-corrected chi connectivity index (χ4v) is 2.52. The molecule has 1 heterocycles. The molecule has 0 aliphatic heterocycles. The van der Waals surface area contributed by atoms with Crippen molar-refractivity contribution in [3.05, 3.63) is 34.7 Å². The molecule has 1 N–H and O–H groups in total. The van der Waals surface area contributed by atoms with Gasteiger partial charge in [0.25, 0.3) is 5.92 Å². The second-order valence-corrected chi connectivity index (χ2v) is 4.47. The van der Waals surface area contributed by atoms with Gasteiger partial charge in [-0.05, 0) is 18.2 Å². The zero-order chi connectivity index (χ0) is 11.9. The van der Waals surface area contributed by atoms with Gasteiger partial charge < -0.3 is 5.11 Å². The quantitative estimate of drug-likeness (QED) is 0.871. The lowest BCUT2D eigenvalue weighted by atomic mass is 10.1. The molecule has 0 unspecified atom stereocenters. The molecule has 0 spiro atoms. The van der Waals surface area contributed by atoms with E-state index in [9.17, 15) is 13.6 Å². The first kappa shape index (κ1) is 11.0. The summed E-state index contributed by atoms with van der Waals surface area (Å²) in [4.78, 5) is 10.7. The van der Waals surface area contributed by atoms with Gasteiger partial charge in [0.05, 0.1) is 5.56 Å². The number of rotatable bonds is 2. The van der Waals surface area contributed by atoms with Crippen molar-refractivity contribution in [1.82, 2.24) is 0 Å². The van der Waals surface area contributed by atoms with E-state index in [2.05, 4.69) is 0 Å². The molecule has 2 rings (SSSR count). The van der Waals surface area contributed by atoms with Gasteiger partial charge in [-0.15, -0.1) is 11.3 Å². The van der Waals surface area contributed by atoms with Crippen LogP contribution in [-0.2, 0) is 5.92 Å². The van der Waals surface area contributed by atoms with Gasteiger partial charge in [-0.25, -0.2) is 13.6 Å². The van der Waals surface area contributed by atoms with Gasteiger partial charge in [0.2, 0.25) is 0 Å². The van der Waals surface area contributed by atoms with Crippen LogP contribution in [0.4, 0.5) is 8.78 Å². The van der Waals surface area contributed by atoms with Crippen molar-refractivity contribution in [1.29, 1.82) is 0 Å². The number of carboxylic acid groups (broad SMARTS) is 1. The zero-order valence-electron chi connectivity index (χ0n) is 8.33. The van der Waals surface area contributed by atoms with Crippen molar-refractivity contribution in [2.75, 3.05) is 0 Å². The number of carboxylic acids is 1. The third-order valence-corrected chi connectivity index (χ3v) is 3.26. The topological polar surface area (TPSA) is 37.3 Å². The summed E-state index contributed by atoms with van der Waals surface area (Å²) >= 11 is 1.19. The van der Waals surface area contributed by atoms with Crippen LogP contribution < -0.4 is 0 Å². The molecule has 16 heavy (non-hydrogen) atoms. The molecule has 1 aromatic carbocycles. The van der Waals surface area contributed by atoms with Crippen molar-refractivity contribution < 1.29 is 18.7 Å². The normalized spacial score (nSPS) is 11.9. The van der Waals surface area contributed by atoms with Crippen LogP contribution in [0.2, 0.25) is 0 Å². The van der Waals surface area contributed by atoms with E-state index in [1.165, 1.54) is 28.8 Å². The first-order chi connectivity index (χ1) is 7.39. The maximum Gasteiger partial charge on any atom is 0.335 e. The Morgan fingerprint density at radius 1 is 1.44 bits per heavy atom. The highest BCUT2D eigenvalue weighted by atomic mass is 32.1.